The van der Waals surface area contributed by atoms with Crippen molar-refractivity contribution in [2.75, 3.05) is 19.0 Å². The van der Waals surface area contributed by atoms with E-state index >= 15 is 0 Å². The van der Waals surface area contributed by atoms with Crippen LogP contribution in [0.4, 0.5) is 0 Å². The lowest BCUT2D eigenvalue weighted by atomic mass is 10.00. The number of rotatable bonds is 36. The summed E-state index contributed by atoms with van der Waals surface area (Å²) in [7, 11) is -4.61. The van der Waals surface area contributed by atoms with Gasteiger partial charge in [-0.1, -0.05) is 133 Å². The van der Waals surface area contributed by atoms with Gasteiger partial charge in [-0.25, -0.2) is 0 Å². The highest BCUT2D eigenvalue weighted by molar-refractivity contribution is 7.85. The Bertz CT molecular complexity index is 1260. The number of carbonyl (C=O) groups excluding carboxylic acids is 2. The van der Waals surface area contributed by atoms with E-state index in [2.05, 4.69) is 62.5 Å². The van der Waals surface area contributed by atoms with E-state index in [-0.39, 0.29) is 19.4 Å². The molecule has 1 aliphatic heterocycles. The monoisotopic (exact) mass is 843 g/mol. The van der Waals surface area contributed by atoms with Crippen LogP contribution in [0.25, 0.3) is 0 Å². The summed E-state index contributed by atoms with van der Waals surface area (Å²) >= 11 is 0. The van der Waals surface area contributed by atoms with Crippen LogP contribution in [0.15, 0.2) is 48.6 Å². The molecular formula is C45H78O12S. The number of allylic oxidation sites excluding steroid dienone is 8. The van der Waals surface area contributed by atoms with Crippen LogP contribution in [0.5, 0.6) is 0 Å². The van der Waals surface area contributed by atoms with Gasteiger partial charge in [0.1, 0.15) is 36.8 Å². The van der Waals surface area contributed by atoms with Crippen molar-refractivity contribution < 1.29 is 56.8 Å². The Morgan fingerprint density at radius 2 is 1.09 bits per heavy atom. The van der Waals surface area contributed by atoms with Gasteiger partial charge in [0.2, 0.25) is 0 Å². The molecule has 1 aliphatic rings. The smallest absolute Gasteiger partial charge is 0.306 e. The topological polar surface area (TPSA) is 186 Å². The molecule has 0 aromatic heterocycles. The lowest BCUT2D eigenvalue weighted by molar-refractivity contribution is -0.297. The maximum atomic E-state index is 12.8. The van der Waals surface area contributed by atoms with Crippen molar-refractivity contribution in [3.8, 4) is 0 Å². The van der Waals surface area contributed by atoms with Gasteiger partial charge in [-0.05, 0) is 70.6 Å². The summed E-state index contributed by atoms with van der Waals surface area (Å²) in [6.07, 6.45) is 31.6. The fourth-order valence-corrected chi connectivity index (χ4v) is 7.14. The van der Waals surface area contributed by atoms with Crippen LogP contribution in [0, 0.1) is 0 Å². The molecule has 0 bridgehead atoms. The second kappa shape index (κ2) is 35.4. The van der Waals surface area contributed by atoms with Crippen LogP contribution in [-0.4, -0.2) is 96.0 Å². The predicted octanol–water partition coefficient (Wildman–Crippen LogP) is 8.78. The van der Waals surface area contributed by atoms with E-state index in [0.717, 1.165) is 77.0 Å². The van der Waals surface area contributed by atoms with Crippen LogP contribution in [0.1, 0.15) is 168 Å². The zero-order valence-electron chi connectivity index (χ0n) is 35.6. The maximum absolute atomic E-state index is 12.8. The SMILES string of the molecule is CC/C=C/C/C=C/C/C=C/CCCCCCCC(=O)O[C@H](COC(=O)CCCCC/C=C/CCCCCCCCCC)CO[C@H]1O[C@H](CS(=O)(=O)O)[C@@H](O)C(O)C1O. The average Bonchev–Trinajstić information content (AvgIpc) is 3.18. The summed E-state index contributed by atoms with van der Waals surface area (Å²) in [5, 5.41) is 30.8. The molecule has 0 radical (unpaired) electrons. The molecule has 6 atom stereocenters. The quantitative estimate of drug-likeness (QED) is 0.0204. The first kappa shape index (κ1) is 53.6. The lowest BCUT2D eigenvalue weighted by Gasteiger charge is -2.40. The highest BCUT2D eigenvalue weighted by Crippen LogP contribution is 2.24. The second-order valence-electron chi connectivity index (χ2n) is 15.3. The molecule has 0 saturated carbocycles. The summed E-state index contributed by atoms with van der Waals surface area (Å²) in [6.45, 7) is 3.61. The van der Waals surface area contributed by atoms with E-state index in [1.807, 2.05) is 0 Å². The lowest BCUT2D eigenvalue weighted by Crippen LogP contribution is -2.60. The Morgan fingerprint density at radius 3 is 1.66 bits per heavy atom. The van der Waals surface area contributed by atoms with Gasteiger partial charge in [0.15, 0.2) is 12.4 Å². The first-order valence-corrected chi connectivity index (χ1v) is 23.8. The average molecular weight is 843 g/mol. The van der Waals surface area contributed by atoms with Crippen LogP contribution < -0.4 is 0 Å². The van der Waals surface area contributed by atoms with Gasteiger partial charge in [-0.2, -0.15) is 8.42 Å². The minimum absolute atomic E-state index is 0.140. The molecule has 1 saturated heterocycles. The largest absolute Gasteiger partial charge is 0.462 e. The van der Waals surface area contributed by atoms with Gasteiger partial charge >= 0.3 is 11.9 Å². The minimum Gasteiger partial charge on any atom is -0.462 e. The molecule has 0 aromatic carbocycles. The molecule has 2 unspecified atom stereocenters. The Kier molecular flexibility index (Phi) is 32.7. The normalized spacial score (nSPS) is 20.8. The number of ether oxygens (including phenoxy) is 4. The first-order chi connectivity index (χ1) is 28.0. The van der Waals surface area contributed by atoms with Crippen LogP contribution in [-0.2, 0) is 38.7 Å². The van der Waals surface area contributed by atoms with E-state index in [0.29, 0.717) is 12.8 Å². The fourth-order valence-electron chi connectivity index (χ4n) is 6.45. The van der Waals surface area contributed by atoms with Gasteiger partial charge in [0.05, 0.1) is 6.61 Å². The Morgan fingerprint density at radius 1 is 0.603 bits per heavy atom. The first-order valence-electron chi connectivity index (χ1n) is 22.2. The second-order valence-corrected chi connectivity index (χ2v) is 16.8. The summed E-state index contributed by atoms with van der Waals surface area (Å²) in [4.78, 5) is 25.4. The zero-order valence-corrected chi connectivity index (χ0v) is 36.5. The number of unbranched alkanes of at least 4 members (excludes halogenated alkanes) is 16. The number of aliphatic hydroxyl groups excluding tert-OH is 3. The van der Waals surface area contributed by atoms with Crippen molar-refractivity contribution in [1.29, 1.82) is 0 Å². The van der Waals surface area contributed by atoms with Gasteiger partial charge < -0.3 is 34.3 Å². The van der Waals surface area contributed by atoms with Crippen LogP contribution >= 0.6 is 0 Å². The molecular weight excluding hydrogens is 765 g/mol. The Balaban J connectivity index is 2.48. The molecule has 336 valence electrons. The van der Waals surface area contributed by atoms with E-state index < -0.39 is 71.2 Å². The van der Waals surface area contributed by atoms with Gasteiger partial charge in [0, 0.05) is 12.8 Å². The number of aliphatic hydroxyl groups is 3. The van der Waals surface area contributed by atoms with Gasteiger partial charge in [0.25, 0.3) is 10.1 Å². The summed E-state index contributed by atoms with van der Waals surface area (Å²) in [6, 6.07) is 0. The predicted molar refractivity (Wildman–Crippen MR) is 229 cm³/mol. The third kappa shape index (κ3) is 29.8. The molecule has 12 nitrogen and oxygen atoms in total. The zero-order chi connectivity index (χ0) is 42.7. The molecule has 1 heterocycles. The van der Waals surface area contributed by atoms with E-state index in [1.165, 1.54) is 51.4 Å². The summed E-state index contributed by atoms with van der Waals surface area (Å²) < 4.78 is 54.0. The number of hydrogen-bond donors (Lipinski definition) is 4. The van der Waals surface area contributed by atoms with Gasteiger partial charge in [-0.15, -0.1) is 0 Å². The summed E-state index contributed by atoms with van der Waals surface area (Å²) in [5.74, 6) is -2.03. The van der Waals surface area contributed by atoms with Crippen LogP contribution in [0.3, 0.4) is 0 Å². The molecule has 1 rings (SSSR count). The molecule has 0 aromatic rings. The molecule has 1 fully saturated rings. The standard InChI is InChI=1S/C45H78O12S/c1-3-5-7-9-11-13-15-17-19-21-23-25-27-29-31-33-40(46)54-35-38(36-55-45-44(50)43(49)42(48)39(57-45)37-58(51,52)53)56-41(47)34-32-30-28-26-24-22-20-18-16-14-12-10-8-6-4-2/h6,8,12,14,18,20-21,23,38-39,42-45,48-50H,3-5,7,9-11,13,15-17,19,22,24-37H2,1-2H3,(H,51,52,53)/b8-6+,14-12+,20-18+,23-21+/t38-,39-,42-,43?,44?,45+/m1/s1. The fraction of sp³-hybridized carbons (Fsp3) is 0.778. The van der Waals surface area contributed by atoms with Gasteiger partial charge in [-0.3, -0.25) is 14.1 Å². The molecule has 0 amide bonds. The van der Waals surface area contributed by atoms with Crippen molar-refractivity contribution >= 4 is 22.1 Å². The number of hydrogen-bond acceptors (Lipinski definition) is 11. The number of esters is 2. The molecule has 4 N–H and O–H groups in total. The molecule has 0 aliphatic carbocycles. The summed E-state index contributed by atoms with van der Waals surface area (Å²) in [5.41, 5.74) is 0. The maximum Gasteiger partial charge on any atom is 0.306 e. The number of carbonyl (C=O) groups is 2. The highest BCUT2D eigenvalue weighted by Gasteiger charge is 2.46. The Hall–Kier alpha value is -2.39. The Labute approximate surface area is 350 Å². The molecule has 13 heteroatoms. The highest BCUT2D eigenvalue weighted by atomic mass is 32.2. The van der Waals surface area contributed by atoms with E-state index in [1.54, 1.807) is 0 Å². The van der Waals surface area contributed by atoms with E-state index in [9.17, 15) is 37.9 Å². The minimum atomic E-state index is -4.61. The third-order valence-electron chi connectivity index (χ3n) is 9.89. The van der Waals surface area contributed by atoms with Crippen molar-refractivity contribution in [2.45, 2.75) is 205 Å². The van der Waals surface area contributed by atoms with E-state index in [4.69, 9.17) is 18.9 Å². The van der Waals surface area contributed by atoms with Crippen molar-refractivity contribution in [1.82, 2.24) is 0 Å². The van der Waals surface area contributed by atoms with Crippen LogP contribution in [0.2, 0.25) is 0 Å². The third-order valence-corrected chi connectivity index (χ3v) is 10.6. The molecule has 0 spiro atoms. The van der Waals surface area contributed by atoms with Crippen molar-refractivity contribution in [3.63, 3.8) is 0 Å². The molecule has 58 heavy (non-hydrogen) atoms. The van der Waals surface area contributed by atoms with Crippen molar-refractivity contribution in [3.05, 3.63) is 48.6 Å². The van der Waals surface area contributed by atoms with Crippen molar-refractivity contribution in [2.24, 2.45) is 0 Å².